The van der Waals surface area contributed by atoms with Gasteiger partial charge in [-0.05, 0) is 24.5 Å². The third-order valence-electron chi connectivity index (χ3n) is 2.91. The van der Waals surface area contributed by atoms with E-state index in [4.69, 9.17) is 9.84 Å². The largest absolute Gasteiger partial charge is 0.479 e. The van der Waals surface area contributed by atoms with Crippen molar-refractivity contribution < 1.29 is 27.8 Å². The van der Waals surface area contributed by atoms with Gasteiger partial charge < -0.3 is 9.84 Å². The number of ether oxygens (including phenoxy) is 1. The highest BCUT2D eigenvalue weighted by atomic mass is 19.4. The Kier molecular flexibility index (Phi) is 3.30. The lowest BCUT2D eigenvalue weighted by Crippen LogP contribution is -2.19. The van der Waals surface area contributed by atoms with Gasteiger partial charge in [-0.2, -0.15) is 13.2 Å². The van der Waals surface area contributed by atoms with Gasteiger partial charge in [-0.25, -0.2) is 4.79 Å². The van der Waals surface area contributed by atoms with Crippen LogP contribution in [0.2, 0.25) is 0 Å². The van der Waals surface area contributed by atoms with Crippen LogP contribution in [-0.4, -0.2) is 17.2 Å². The Morgan fingerprint density at radius 1 is 1.28 bits per heavy atom. The molecule has 0 aliphatic carbocycles. The van der Waals surface area contributed by atoms with Crippen LogP contribution in [-0.2, 0) is 15.7 Å². The summed E-state index contributed by atoms with van der Waals surface area (Å²) in [6, 6.07) is 5.10. The molecule has 0 saturated carbocycles. The average molecular weight is 260 g/mol. The first-order valence-corrected chi connectivity index (χ1v) is 5.44. The molecule has 1 heterocycles. The van der Waals surface area contributed by atoms with Gasteiger partial charge in [-0.1, -0.05) is 18.2 Å². The van der Waals surface area contributed by atoms with E-state index in [1.165, 1.54) is 18.2 Å². The first-order valence-electron chi connectivity index (χ1n) is 5.44. The monoisotopic (exact) mass is 260 g/mol. The Bertz CT molecular complexity index is 456. The number of carboxylic acid groups (broad SMARTS) is 1. The Hall–Kier alpha value is -1.56. The Balaban J connectivity index is 2.27. The molecule has 0 aromatic heterocycles. The van der Waals surface area contributed by atoms with Crippen molar-refractivity contribution in [1.82, 2.24) is 0 Å². The van der Waals surface area contributed by atoms with Crippen LogP contribution in [0, 0.1) is 0 Å². The zero-order chi connectivity index (χ0) is 13.3. The highest BCUT2D eigenvalue weighted by molar-refractivity contribution is 5.72. The smallest absolute Gasteiger partial charge is 0.416 e. The summed E-state index contributed by atoms with van der Waals surface area (Å²) in [6.45, 7) is 0. The van der Waals surface area contributed by atoms with Gasteiger partial charge in [0.15, 0.2) is 6.10 Å². The summed E-state index contributed by atoms with van der Waals surface area (Å²) in [6.07, 6.45) is -5.77. The fourth-order valence-corrected chi connectivity index (χ4v) is 2.08. The number of rotatable bonds is 2. The minimum Gasteiger partial charge on any atom is -0.479 e. The molecule has 0 radical (unpaired) electrons. The Morgan fingerprint density at radius 3 is 2.50 bits per heavy atom. The number of alkyl halides is 3. The number of halogens is 3. The van der Waals surface area contributed by atoms with Gasteiger partial charge in [-0.15, -0.1) is 0 Å². The van der Waals surface area contributed by atoms with Crippen LogP contribution >= 0.6 is 0 Å². The summed E-state index contributed by atoms with van der Waals surface area (Å²) in [5.41, 5.74) is -0.755. The fourth-order valence-electron chi connectivity index (χ4n) is 2.08. The van der Waals surface area contributed by atoms with Crippen LogP contribution in [0.5, 0.6) is 0 Å². The summed E-state index contributed by atoms with van der Waals surface area (Å²) < 4.78 is 43.5. The summed E-state index contributed by atoms with van der Waals surface area (Å²) in [5, 5.41) is 8.76. The molecule has 98 valence electrons. The predicted molar refractivity (Wildman–Crippen MR) is 55.9 cm³/mol. The molecule has 0 unspecified atom stereocenters. The van der Waals surface area contributed by atoms with Crippen LogP contribution in [0.25, 0.3) is 0 Å². The molecule has 1 aromatic rings. The van der Waals surface area contributed by atoms with Crippen molar-refractivity contribution in [3.05, 3.63) is 35.4 Å². The second-order valence-corrected chi connectivity index (χ2v) is 4.11. The van der Waals surface area contributed by atoms with E-state index in [1.54, 1.807) is 0 Å². The van der Waals surface area contributed by atoms with Crippen molar-refractivity contribution in [3.8, 4) is 0 Å². The molecule has 1 aliphatic rings. The molecular weight excluding hydrogens is 249 g/mol. The van der Waals surface area contributed by atoms with Crippen molar-refractivity contribution in [3.63, 3.8) is 0 Å². The topological polar surface area (TPSA) is 46.5 Å². The molecule has 2 rings (SSSR count). The average Bonchev–Trinajstić information content (AvgIpc) is 2.77. The van der Waals surface area contributed by atoms with Crippen molar-refractivity contribution in [2.24, 2.45) is 0 Å². The maximum atomic E-state index is 12.8. The quantitative estimate of drug-likeness (QED) is 0.889. The molecule has 0 amide bonds. The zero-order valence-corrected chi connectivity index (χ0v) is 9.28. The van der Waals surface area contributed by atoms with Crippen molar-refractivity contribution in [1.29, 1.82) is 0 Å². The Morgan fingerprint density at radius 2 is 1.94 bits per heavy atom. The van der Waals surface area contributed by atoms with Crippen LogP contribution in [0.4, 0.5) is 13.2 Å². The van der Waals surface area contributed by atoms with Crippen LogP contribution in [0.15, 0.2) is 24.3 Å². The molecule has 1 aromatic carbocycles. The van der Waals surface area contributed by atoms with E-state index in [2.05, 4.69) is 0 Å². The van der Waals surface area contributed by atoms with Gasteiger partial charge in [0.25, 0.3) is 0 Å². The molecule has 2 atom stereocenters. The van der Waals surface area contributed by atoms with Gasteiger partial charge in [0.05, 0.1) is 11.7 Å². The number of aliphatic carboxylic acids is 1. The molecule has 6 heteroatoms. The normalized spacial score (nSPS) is 24.2. The van der Waals surface area contributed by atoms with Crippen molar-refractivity contribution in [2.75, 3.05) is 0 Å². The van der Waals surface area contributed by atoms with Crippen molar-refractivity contribution in [2.45, 2.75) is 31.2 Å². The molecule has 1 saturated heterocycles. The van der Waals surface area contributed by atoms with Gasteiger partial charge in [-0.3, -0.25) is 0 Å². The first-order chi connectivity index (χ1) is 8.39. The number of carboxylic acids is 1. The highest BCUT2D eigenvalue weighted by Gasteiger charge is 2.38. The van der Waals surface area contributed by atoms with E-state index in [0.29, 0.717) is 0 Å². The van der Waals surface area contributed by atoms with Gasteiger partial charge >= 0.3 is 12.1 Å². The molecule has 18 heavy (non-hydrogen) atoms. The lowest BCUT2D eigenvalue weighted by molar-refractivity contribution is -0.150. The second kappa shape index (κ2) is 4.61. The predicted octanol–water partition coefficient (Wildman–Crippen LogP) is 3.01. The summed E-state index contributed by atoms with van der Waals surface area (Å²) in [7, 11) is 0. The third kappa shape index (κ3) is 2.48. The number of hydrogen-bond acceptors (Lipinski definition) is 2. The van der Waals surface area contributed by atoms with E-state index < -0.39 is 29.9 Å². The zero-order valence-electron chi connectivity index (χ0n) is 9.28. The lowest BCUT2D eigenvalue weighted by atomic mass is 10.00. The van der Waals surface area contributed by atoms with E-state index in [1.807, 2.05) is 0 Å². The van der Waals surface area contributed by atoms with E-state index in [9.17, 15) is 18.0 Å². The summed E-state index contributed by atoms with van der Waals surface area (Å²) in [5.74, 6) is -1.14. The first kappa shape index (κ1) is 12.9. The van der Waals surface area contributed by atoms with Gasteiger partial charge in [0.2, 0.25) is 0 Å². The summed E-state index contributed by atoms with van der Waals surface area (Å²) >= 11 is 0. The Labute approximate surface area is 101 Å². The molecule has 3 nitrogen and oxygen atoms in total. The van der Waals surface area contributed by atoms with Gasteiger partial charge in [0.1, 0.15) is 0 Å². The second-order valence-electron chi connectivity index (χ2n) is 4.11. The molecule has 0 spiro atoms. The minimum absolute atomic E-state index is 0.00810. The van der Waals surface area contributed by atoms with E-state index in [0.717, 1.165) is 6.07 Å². The fraction of sp³-hybridized carbons (Fsp3) is 0.417. The van der Waals surface area contributed by atoms with E-state index >= 15 is 0 Å². The molecule has 1 aliphatic heterocycles. The third-order valence-corrected chi connectivity index (χ3v) is 2.91. The lowest BCUT2D eigenvalue weighted by Gasteiger charge is -2.17. The molecule has 1 N–H and O–H groups in total. The van der Waals surface area contributed by atoms with Crippen molar-refractivity contribution >= 4 is 5.97 Å². The van der Waals surface area contributed by atoms with Gasteiger partial charge in [0, 0.05) is 0 Å². The number of carbonyl (C=O) groups is 1. The van der Waals surface area contributed by atoms with Crippen LogP contribution in [0.3, 0.4) is 0 Å². The molecular formula is C12H11F3O3. The van der Waals surface area contributed by atoms with E-state index in [-0.39, 0.29) is 18.4 Å². The molecule has 1 fully saturated rings. The standard InChI is InChI=1S/C12H11F3O3/c13-12(14,15)8-4-2-1-3-7(8)9-5-6-10(18-9)11(16)17/h1-4,9-10H,5-6H2,(H,16,17)/t9-,10-/m0/s1. The number of hydrogen-bond donors (Lipinski definition) is 1. The van der Waals surface area contributed by atoms with Crippen LogP contribution in [0.1, 0.15) is 30.1 Å². The SMILES string of the molecule is O=C(O)[C@@H]1CC[C@@H](c2ccccc2C(F)(F)F)O1. The highest BCUT2D eigenvalue weighted by Crippen LogP contribution is 2.40. The summed E-state index contributed by atoms with van der Waals surface area (Å²) in [4.78, 5) is 10.7. The number of benzene rings is 1. The maximum Gasteiger partial charge on any atom is 0.416 e. The van der Waals surface area contributed by atoms with Crippen LogP contribution < -0.4 is 0 Å². The molecule has 0 bridgehead atoms. The maximum absolute atomic E-state index is 12.8. The minimum atomic E-state index is -4.46.